The van der Waals surface area contributed by atoms with E-state index < -0.39 is 0 Å². The summed E-state index contributed by atoms with van der Waals surface area (Å²) in [4.78, 5) is 12.6. The Balaban J connectivity index is 1.79. The molecular weight excluding hydrogens is 230 g/mol. The molecule has 0 fully saturated rings. The molecular formula is C14H17NOS. The summed E-state index contributed by atoms with van der Waals surface area (Å²) < 4.78 is 0. The van der Waals surface area contributed by atoms with E-state index in [2.05, 4.69) is 24.0 Å². The largest absolute Gasteiger partial charge is 0.352 e. The number of hydrogen-bond donors (Lipinski definition) is 2. The summed E-state index contributed by atoms with van der Waals surface area (Å²) in [6, 6.07) is 7.26. The van der Waals surface area contributed by atoms with Crippen molar-refractivity contribution in [2.24, 2.45) is 0 Å². The fourth-order valence-corrected chi connectivity index (χ4v) is 2.16. The lowest BCUT2D eigenvalue weighted by Crippen LogP contribution is -2.24. The fraction of sp³-hybridized carbons (Fsp3) is 0.357. The van der Waals surface area contributed by atoms with Crippen molar-refractivity contribution in [3.05, 3.63) is 41.5 Å². The van der Waals surface area contributed by atoms with Crippen LogP contribution in [0.3, 0.4) is 0 Å². The van der Waals surface area contributed by atoms with E-state index in [0.29, 0.717) is 5.56 Å². The second-order valence-corrected chi connectivity index (χ2v) is 4.82. The number of allylic oxidation sites excluding steroid dienone is 1. The number of thiol groups is 1. The molecule has 1 aromatic carbocycles. The number of rotatable bonds is 4. The van der Waals surface area contributed by atoms with Crippen molar-refractivity contribution in [2.75, 3.05) is 6.54 Å². The zero-order valence-electron chi connectivity index (χ0n) is 9.78. The van der Waals surface area contributed by atoms with Gasteiger partial charge in [0.15, 0.2) is 0 Å². The number of carbonyl (C=O) groups is 1. The van der Waals surface area contributed by atoms with Gasteiger partial charge in [-0.3, -0.25) is 4.79 Å². The molecule has 0 aliphatic heterocycles. The van der Waals surface area contributed by atoms with Gasteiger partial charge >= 0.3 is 0 Å². The van der Waals surface area contributed by atoms with Crippen molar-refractivity contribution in [3.8, 4) is 0 Å². The minimum Gasteiger partial charge on any atom is -0.352 e. The van der Waals surface area contributed by atoms with Crippen molar-refractivity contribution in [1.82, 2.24) is 5.32 Å². The molecule has 0 saturated heterocycles. The molecule has 0 spiro atoms. The Hall–Kier alpha value is -1.22. The number of amides is 1. The van der Waals surface area contributed by atoms with Crippen LogP contribution in [-0.2, 0) is 0 Å². The maximum Gasteiger partial charge on any atom is 0.251 e. The first-order valence-corrected chi connectivity index (χ1v) is 6.45. The first-order chi connectivity index (χ1) is 8.25. The van der Waals surface area contributed by atoms with Crippen molar-refractivity contribution < 1.29 is 4.79 Å². The molecule has 1 amide bonds. The molecule has 2 rings (SSSR count). The first kappa shape index (κ1) is 12.2. The molecule has 1 N–H and O–H groups in total. The zero-order chi connectivity index (χ0) is 12.1. The third kappa shape index (κ3) is 3.63. The van der Waals surface area contributed by atoms with Crippen molar-refractivity contribution in [2.45, 2.75) is 30.6 Å². The number of benzene rings is 1. The summed E-state index contributed by atoms with van der Waals surface area (Å²) in [6.07, 6.45) is 6.95. The maximum absolute atomic E-state index is 11.8. The van der Waals surface area contributed by atoms with Crippen LogP contribution >= 0.6 is 12.6 Å². The molecule has 0 heterocycles. The van der Waals surface area contributed by atoms with E-state index in [-0.39, 0.29) is 5.91 Å². The molecule has 1 aliphatic carbocycles. The van der Waals surface area contributed by atoms with Gasteiger partial charge in [-0.15, -0.1) is 12.6 Å². The predicted molar refractivity (Wildman–Crippen MR) is 72.6 cm³/mol. The van der Waals surface area contributed by atoms with E-state index in [0.717, 1.165) is 17.9 Å². The van der Waals surface area contributed by atoms with Gasteiger partial charge in [-0.1, -0.05) is 11.6 Å². The summed E-state index contributed by atoms with van der Waals surface area (Å²) >= 11 is 4.19. The van der Waals surface area contributed by atoms with Crippen LogP contribution < -0.4 is 5.32 Å². The number of nitrogens with one attached hydrogen (secondary N) is 1. The summed E-state index contributed by atoms with van der Waals surface area (Å²) in [7, 11) is 0. The summed E-state index contributed by atoms with van der Waals surface area (Å²) in [5.41, 5.74) is 2.18. The average Bonchev–Trinajstić information content (AvgIpc) is 2.83. The van der Waals surface area contributed by atoms with E-state index in [1.165, 1.54) is 24.8 Å². The number of carbonyl (C=O) groups excluding carboxylic acids is 1. The van der Waals surface area contributed by atoms with Gasteiger partial charge in [0.05, 0.1) is 0 Å². The van der Waals surface area contributed by atoms with Crippen LogP contribution in [0.4, 0.5) is 0 Å². The Labute approximate surface area is 108 Å². The Bertz CT molecular complexity index is 422. The Morgan fingerprint density at radius 1 is 1.29 bits per heavy atom. The van der Waals surface area contributed by atoms with Gasteiger partial charge < -0.3 is 5.32 Å². The van der Waals surface area contributed by atoms with Gasteiger partial charge in [-0.25, -0.2) is 0 Å². The van der Waals surface area contributed by atoms with E-state index in [1.54, 1.807) is 12.1 Å². The monoisotopic (exact) mass is 247 g/mol. The third-order valence-corrected chi connectivity index (χ3v) is 3.29. The molecule has 0 saturated carbocycles. The molecule has 0 aromatic heterocycles. The number of hydrogen-bond acceptors (Lipinski definition) is 2. The molecule has 0 unspecified atom stereocenters. The topological polar surface area (TPSA) is 29.1 Å². The van der Waals surface area contributed by atoms with Crippen molar-refractivity contribution in [3.63, 3.8) is 0 Å². The molecule has 17 heavy (non-hydrogen) atoms. The van der Waals surface area contributed by atoms with Gasteiger partial charge in [0.2, 0.25) is 0 Å². The van der Waals surface area contributed by atoms with Crippen molar-refractivity contribution >= 4 is 18.5 Å². The minimum atomic E-state index is -0.00284. The van der Waals surface area contributed by atoms with E-state index in [4.69, 9.17) is 0 Å². The minimum absolute atomic E-state index is 0.00284. The van der Waals surface area contributed by atoms with E-state index in [1.807, 2.05) is 12.1 Å². The van der Waals surface area contributed by atoms with Crippen LogP contribution in [-0.4, -0.2) is 12.5 Å². The van der Waals surface area contributed by atoms with Gasteiger partial charge in [-0.05, 0) is 49.9 Å². The normalized spacial score (nSPS) is 14.5. The molecule has 0 bridgehead atoms. The van der Waals surface area contributed by atoms with Gasteiger partial charge in [0.1, 0.15) is 0 Å². The van der Waals surface area contributed by atoms with Crippen molar-refractivity contribution in [1.29, 1.82) is 0 Å². The maximum atomic E-state index is 11.8. The highest BCUT2D eigenvalue weighted by Crippen LogP contribution is 2.19. The molecule has 90 valence electrons. The summed E-state index contributed by atoms with van der Waals surface area (Å²) in [5, 5.41) is 2.94. The van der Waals surface area contributed by atoms with Crippen LogP contribution in [0.15, 0.2) is 40.8 Å². The van der Waals surface area contributed by atoms with Crippen LogP contribution in [0.2, 0.25) is 0 Å². The Morgan fingerprint density at radius 2 is 2.06 bits per heavy atom. The third-order valence-electron chi connectivity index (χ3n) is 3.00. The molecule has 0 atom stereocenters. The summed E-state index contributed by atoms with van der Waals surface area (Å²) in [6.45, 7) is 0.729. The standard InChI is InChI=1S/C14H17NOS/c16-14(12-5-7-13(17)8-6-12)15-10-9-11-3-1-2-4-11/h3,5-8,17H,1-2,4,9-10H2,(H,15,16). The highest BCUT2D eigenvalue weighted by molar-refractivity contribution is 7.80. The molecule has 0 radical (unpaired) electrons. The van der Waals surface area contributed by atoms with Gasteiger partial charge in [0.25, 0.3) is 5.91 Å². The summed E-state index contributed by atoms with van der Waals surface area (Å²) in [5.74, 6) is -0.00284. The SMILES string of the molecule is O=C(NCCC1=CCCC1)c1ccc(S)cc1. The first-order valence-electron chi connectivity index (χ1n) is 6.01. The second kappa shape index (κ2) is 5.92. The fourth-order valence-electron chi connectivity index (χ4n) is 2.02. The van der Waals surface area contributed by atoms with E-state index in [9.17, 15) is 4.79 Å². The molecule has 1 aliphatic rings. The van der Waals surface area contributed by atoms with E-state index >= 15 is 0 Å². The Morgan fingerprint density at radius 3 is 2.71 bits per heavy atom. The molecule has 3 heteroatoms. The smallest absolute Gasteiger partial charge is 0.251 e. The second-order valence-electron chi connectivity index (χ2n) is 4.31. The highest BCUT2D eigenvalue weighted by atomic mass is 32.1. The highest BCUT2D eigenvalue weighted by Gasteiger charge is 2.07. The van der Waals surface area contributed by atoms with Crippen LogP contribution in [0.25, 0.3) is 0 Å². The predicted octanol–water partition coefficient (Wildman–Crippen LogP) is 3.21. The van der Waals surface area contributed by atoms with Gasteiger partial charge in [0, 0.05) is 17.0 Å². The lowest BCUT2D eigenvalue weighted by molar-refractivity contribution is 0.0954. The van der Waals surface area contributed by atoms with Gasteiger partial charge in [-0.2, -0.15) is 0 Å². The Kier molecular flexibility index (Phi) is 4.26. The van der Waals surface area contributed by atoms with Crippen LogP contribution in [0, 0.1) is 0 Å². The molecule has 1 aromatic rings. The zero-order valence-corrected chi connectivity index (χ0v) is 10.7. The average molecular weight is 247 g/mol. The lowest BCUT2D eigenvalue weighted by atomic mass is 10.1. The van der Waals surface area contributed by atoms with Crippen LogP contribution in [0.5, 0.6) is 0 Å². The van der Waals surface area contributed by atoms with Crippen LogP contribution in [0.1, 0.15) is 36.0 Å². The quantitative estimate of drug-likeness (QED) is 0.621. The lowest BCUT2D eigenvalue weighted by Gasteiger charge is -2.06. The molecule has 2 nitrogen and oxygen atoms in total.